The van der Waals surface area contributed by atoms with Gasteiger partial charge in [0.2, 0.25) is 0 Å². The number of halogens is 2. The predicted molar refractivity (Wildman–Crippen MR) is 68.6 cm³/mol. The van der Waals surface area contributed by atoms with Crippen molar-refractivity contribution in [2.24, 2.45) is 0 Å². The van der Waals surface area contributed by atoms with E-state index < -0.39 is 0 Å². The lowest BCUT2D eigenvalue weighted by atomic mass is 10.3. The van der Waals surface area contributed by atoms with Gasteiger partial charge >= 0.3 is 0 Å². The molecule has 5 heteroatoms. The normalized spacial score (nSPS) is 18.6. The highest BCUT2D eigenvalue weighted by Gasteiger charge is 2.17. The van der Waals surface area contributed by atoms with E-state index in [0.29, 0.717) is 10.0 Å². The molecule has 16 heavy (non-hydrogen) atoms. The van der Waals surface area contributed by atoms with Crippen LogP contribution in [0, 0.1) is 0 Å². The van der Waals surface area contributed by atoms with Crippen LogP contribution >= 0.6 is 23.2 Å². The van der Waals surface area contributed by atoms with E-state index in [2.05, 4.69) is 21.8 Å². The highest BCUT2D eigenvalue weighted by Crippen LogP contribution is 2.32. The van der Waals surface area contributed by atoms with Crippen molar-refractivity contribution in [1.82, 2.24) is 9.88 Å². The van der Waals surface area contributed by atoms with Crippen LogP contribution in [-0.4, -0.2) is 43.1 Å². The van der Waals surface area contributed by atoms with Crippen LogP contribution in [0.2, 0.25) is 10.0 Å². The van der Waals surface area contributed by atoms with Gasteiger partial charge in [0.1, 0.15) is 0 Å². The van der Waals surface area contributed by atoms with Gasteiger partial charge in [0, 0.05) is 32.0 Å². The van der Waals surface area contributed by atoms with Gasteiger partial charge in [-0.15, -0.1) is 0 Å². The van der Waals surface area contributed by atoms with Gasteiger partial charge in [-0.2, -0.15) is 0 Å². The van der Waals surface area contributed by atoms with E-state index in [1.165, 1.54) is 0 Å². The van der Waals surface area contributed by atoms with Crippen molar-refractivity contribution in [3.63, 3.8) is 0 Å². The van der Waals surface area contributed by atoms with Crippen molar-refractivity contribution in [2.45, 2.75) is 6.42 Å². The summed E-state index contributed by atoms with van der Waals surface area (Å²) in [5, 5.41) is 1.27. The molecule has 1 aromatic rings. The van der Waals surface area contributed by atoms with Crippen LogP contribution in [0.1, 0.15) is 6.42 Å². The molecular weight excluding hydrogens is 245 g/mol. The molecule has 0 aromatic carbocycles. The summed E-state index contributed by atoms with van der Waals surface area (Å²) in [6, 6.07) is 0. The van der Waals surface area contributed by atoms with E-state index in [0.717, 1.165) is 38.3 Å². The third-order valence-corrected chi connectivity index (χ3v) is 3.42. The quantitative estimate of drug-likeness (QED) is 0.773. The molecule has 1 aliphatic heterocycles. The van der Waals surface area contributed by atoms with Crippen LogP contribution in [-0.2, 0) is 0 Å². The minimum Gasteiger partial charge on any atom is -0.368 e. The molecule has 2 heterocycles. The second kappa shape index (κ2) is 5.21. The second-order valence-electron chi connectivity index (χ2n) is 4.10. The zero-order valence-electron chi connectivity index (χ0n) is 9.29. The largest absolute Gasteiger partial charge is 0.368 e. The van der Waals surface area contributed by atoms with Crippen LogP contribution in [0.4, 0.5) is 5.69 Å². The van der Waals surface area contributed by atoms with Crippen molar-refractivity contribution >= 4 is 28.9 Å². The summed E-state index contributed by atoms with van der Waals surface area (Å²) in [4.78, 5) is 8.55. The molecule has 88 valence electrons. The van der Waals surface area contributed by atoms with Gasteiger partial charge in [-0.25, -0.2) is 0 Å². The molecule has 2 rings (SSSR count). The average Bonchev–Trinajstić information content (AvgIpc) is 2.44. The third kappa shape index (κ3) is 2.59. The Kier molecular flexibility index (Phi) is 3.90. The fourth-order valence-electron chi connectivity index (χ4n) is 1.98. The first-order valence-corrected chi connectivity index (χ1v) is 6.16. The van der Waals surface area contributed by atoms with Crippen molar-refractivity contribution in [3.05, 3.63) is 22.4 Å². The summed E-state index contributed by atoms with van der Waals surface area (Å²) < 4.78 is 0. The molecule has 1 aromatic heterocycles. The first-order chi connectivity index (χ1) is 7.68. The Balaban J connectivity index is 2.23. The molecule has 0 N–H and O–H groups in total. The second-order valence-corrected chi connectivity index (χ2v) is 4.91. The van der Waals surface area contributed by atoms with E-state index in [9.17, 15) is 0 Å². The lowest BCUT2D eigenvalue weighted by Crippen LogP contribution is -2.29. The van der Waals surface area contributed by atoms with Gasteiger partial charge in [0.15, 0.2) is 0 Å². The number of nitrogens with zero attached hydrogens (tertiary/aromatic N) is 3. The molecule has 0 amide bonds. The summed E-state index contributed by atoms with van der Waals surface area (Å²) in [6.07, 6.45) is 4.43. The number of aromatic nitrogens is 1. The Morgan fingerprint density at radius 3 is 2.44 bits per heavy atom. The molecule has 0 saturated carbocycles. The maximum Gasteiger partial charge on any atom is 0.0838 e. The molecule has 0 bridgehead atoms. The Morgan fingerprint density at radius 1 is 1.06 bits per heavy atom. The maximum atomic E-state index is 6.15. The zero-order chi connectivity index (χ0) is 11.5. The molecular formula is C11H15Cl2N3. The Bertz CT molecular complexity index is 350. The first-order valence-electron chi connectivity index (χ1n) is 5.41. The lowest BCUT2D eigenvalue weighted by Gasteiger charge is -2.24. The van der Waals surface area contributed by atoms with Crippen LogP contribution in [0.15, 0.2) is 12.4 Å². The summed E-state index contributed by atoms with van der Waals surface area (Å²) in [5.74, 6) is 0. The van der Waals surface area contributed by atoms with Crippen LogP contribution in [0.3, 0.4) is 0 Å². The van der Waals surface area contributed by atoms with Gasteiger partial charge in [-0.1, -0.05) is 23.2 Å². The molecule has 1 aliphatic rings. The predicted octanol–water partition coefficient (Wildman–Crippen LogP) is 2.53. The van der Waals surface area contributed by atoms with E-state index >= 15 is 0 Å². The fourth-order valence-corrected chi connectivity index (χ4v) is 2.58. The Labute approximate surface area is 106 Å². The summed E-state index contributed by atoms with van der Waals surface area (Å²) in [5.41, 5.74) is 0.925. The molecule has 0 radical (unpaired) electrons. The Hall–Kier alpha value is -0.510. The van der Waals surface area contributed by atoms with Crippen LogP contribution in [0.5, 0.6) is 0 Å². The minimum absolute atomic E-state index is 0.636. The molecule has 0 unspecified atom stereocenters. The van der Waals surface area contributed by atoms with Gasteiger partial charge in [-0.3, -0.25) is 4.98 Å². The SMILES string of the molecule is CN1CCCN(c2c(Cl)cncc2Cl)CC1. The molecule has 0 spiro atoms. The van der Waals surface area contributed by atoms with Crippen molar-refractivity contribution in [2.75, 3.05) is 38.1 Å². The monoisotopic (exact) mass is 259 g/mol. The lowest BCUT2D eigenvalue weighted by molar-refractivity contribution is 0.360. The number of anilines is 1. The summed E-state index contributed by atoms with van der Waals surface area (Å²) in [7, 11) is 2.14. The molecule has 3 nitrogen and oxygen atoms in total. The van der Waals surface area contributed by atoms with Crippen molar-refractivity contribution in [1.29, 1.82) is 0 Å². The van der Waals surface area contributed by atoms with Crippen LogP contribution in [0.25, 0.3) is 0 Å². The summed E-state index contributed by atoms with van der Waals surface area (Å²) >= 11 is 12.3. The topological polar surface area (TPSA) is 19.4 Å². The minimum atomic E-state index is 0.636. The van der Waals surface area contributed by atoms with Gasteiger partial charge in [0.05, 0.1) is 15.7 Å². The number of hydrogen-bond donors (Lipinski definition) is 0. The highest BCUT2D eigenvalue weighted by atomic mass is 35.5. The maximum absolute atomic E-state index is 6.15. The molecule has 0 atom stereocenters. The zero-order valence-corrected chi connectivity index (χ0v) is 10.8. The first kappa shape index (κ1) is 12.0. The number of rotatable bonds is 1. The van der Waals surface area contributed by atoms with Crippen molar-refractivity contribution in [3.8, 4) is 0 Å². The van der Waals surface area contributed by atoms with Crippen molar-refractivity contribution < 1.29 is 0 Å². The average molecular weight is 260 g/mol. The number of likely N-dealkylation sites (N-methyl/N-ethyl adjacent to an activating group) is 1. The highest BCUT2D eigenvalue weighted by molar-refractivity contribution is 6.38. The molecule has 0 aliphatic carbocycles. The van der Waals surface area contributed by atoms with Gasteiger partial charge < -0.3 is 9.80 Å². The molecule has 1 saturated heterocycles. The van der Waals surface area contributed by atoms with E-state index in [4.69, 9.17) is 23.2 Å². The van der Waals surface area contributed by atoms with E-state index in [1.54, 1.807) is 12.4 Å². The molecule has 1 fully saturated rings. The summed E-state index contributed by atoms with van der Waals surface area (Å²) in [6.45, 7) is 4.11. The van der Waals surface area contributed by atoms with Gasteiger partial charge in [0.25, 0.3) is 0 Å². The smallest absolute Gasteiger partial charge is 0.0838 e. The number of pyridine rings is 1. The fraction of sp³-hybridized carbons (Fsp3) is 0.545. The standard InChI is InChI=1S/C11H15Cl2N3/c1-15-3-2-4-16(6-5-15)11-9(12)7-14-8-10(11)13/h7-8H,2-6H2,1H3. The third-order valence-electron chi connectivity index (χ3n) is 2.86. The van der Waals surface area contributed by atoms with Crippen LogP contribution < -0.4 is 4.90 Å². The Morgan fingerprint density at radius 2 is 1.75 bits per heavy atom. The van der Waals surface area contributed by atoms with Gasteiger partial charge in [-0.05, 0) is 20.0 Å². The van der Waals surface area contributed by atoms with E-state index in [-0.39, 0.29) is 0 Å². The van der Waals surface area contributed by atoms with E-state index in [1.807, 2.05) is 0 Å². The number of hydrogen-bond acceptors (Lipinski definition) is 3.